The summed E-state index contributed by atoms with van der Waals surface area (Å²) >= 11 is 0. The minimum atomic E-state index is 0.189. The third-order valence-electron chi connectivity index (χ3n) is 2.47. The Hall–Kier alpha value is -0.980. The Morgan fingerprint density at radius 2 is 1.85 bits per heavy atom. The maximum absolute atomic E-state index is 3.86. The van der Waals surface area contributed by atoms with Crippen LogP contribution in [0.5, 0.6) is 0 Å². The largest absolute Gasteiger partial charge is 0.366 e. The molecule has 0 atom stereocenters. The first-order valence-electron chi connectivity index (χ1n) is 4.76. The summed E-state index contributed by atoms with van der Waals surface area (Å²) in [5, 5.41) is 0. The van der Waals surface area contributed by atoms with E-state index in [9.17, 15) is 0 Å². The monoisotopic (exact) mass is 177 g/mol. The minimum absolute atomic E-state index is 0.189. The van der Waals surface area contributed by atoms with Crippen LogP contribution in [0.15, 0.2) is 36.6 Å². The van der Waals surface area contributed by atoms with Crippen molar-refractivity contribution in [2.24, 2.45) is 0 Å². The van der Waals surface area contributed by atoms with E-state index in [4.69, 9.17) is 0 Å². The summed E-state index contributed by atoms with van der Waals surface area (Å²) in [5.41, 5.74) is 2.77. The van der Waals surface area contributed by atoms with Gasteiger partial charge in [0.2, 0.25) is 0 Å². The Morgan fingerprint density at radius 3 is 2.23 bits per heavy atom. The fraction of sp³-hybridized carbons (Fsp3) is 0.500. The molecule has 1 heteroatoms. The van der Waals surface area contributed by atoms with Crippen LogP contribution < -0.4 is 0 Å². The first-order chi connectivity index (χ1) is 6.00. The first kappa shape index (κ1) is 10.1. The van der Waals surface area contributed by atoms with E-state index in [1.807, 2.05) is 12.2 Å². The van der Waals surface area contributed by atoms with E-state index >= 15 is 0 Å². The van der Waals surface area contributed by atoms with Crippen LogP contribution >= 0.6 is 0 Å². The van der Waals surface area contributed by atoms with E-state index in [2.05, 4.69) is 38.8 Å². The van der Waals surface area contributed by atoms with Crippen molar-refractivity contribution in [3.8, 4) is 0 Å². The number of allylic oxidation sites excluding steroid dienone is 2. The third kappa shape index (κ3) is 1.85. The van der Waals surface area contributed by atoms with Crippen LogP contribution in [0.2, 0.25) is 0 Å². The van der Waals surface area contributed by atoms with Gasteiger partial charge in [0.05, 0.1) is 0 Å². The zero-order valence-corrected chi connectivity index (χ0v) is 8.93. The van der Waals surface area contributed by atoms with Gasteiger partial charge in [0.1, 0.15) is 0 Å². The molecule has 13 heavy (non-hydrogen) atoms. The molecule has 1 heterocycles. The Labute approximate surface area is 81.4 Å². The molecule has 72 valence electrons. The van der Waals surface area contributed by atoms with Crippen LogP contribution in [-0.4, -0.2) is 17.0 Å². The lowest BCUT2D eigenvalue weighted by atomic mass is 10.1. The molecule has 0 radical (unpaired) electrons. The second-order valence-corrected chi connectivity index (χ2v) is 4.39. The summed E-state index contributed by atoms with van der Waals surface area (Å²) in [6, 6.07) is 0. The van der Waals surface area contributed by atoms with Gasteiger partial charge >= 0.3 is 0 Å². The average Bonchev–Trinajstić information content (AvgIpc) is 2.45. The maximum Gasteiger partial charge on any atom is 0.0397 e. The zero-order chi connectivity index (χ0) is 10.1. The summed E-state index contributed by atoms with van der Waals surface area (Å²) in [6.07, 6.45) is 4.99. The number of hydrogen-bond acceptors (Lipinski definition) is 1. The molecule has 0 fully saturated rings. The molecule has 0 unspecified atom stereocenters. The van der Waals surface area contributed by atoms with Crippen molar-refractivity contribution < 1.29 is 0 Å². The van der Waals surface area contributed by atoms with Crippen molar-refractivity contribution in [1.29, 1.82) is 0 Å². The predicted molar refractivity (Wildman–Crippen MR) is 58.5 cm³/mol. The topological polar surface area (TPSA) is 3.24 Å². The smallest absolute Gasteiger partial charge is 0.0397 e. The van der Waals surface area contributed by atoms with Gasteiger partial charge in [-0.2, -0.15) is 0 Å². The van der Waals surface area contributed by atoms with E-state index in [1.165, 1.54) is 11.3 Å². The molecule has 0 saturated carbocycles. The van der Waals surface area contributed by atoms with E-state index in [0.29, 0.717) is 0 Å². The normalized spacial score (nSPS) is 17.9. The van der Waals surface area contributed by atoms with Crippen LogP contribution in [0.25, 0.3) is 0 Å². The Morgan fingerprint density at radius 1 is 1.23 bits per heavy atom. The molecule has 0 bridgehead atoms. The van der Waals surface area contributed by atoms with Gasteiger partial charge in [0.15, 0.2) is 0 Å². The molecule has 0 N–H and O–H groups in total. The number of rotatable bonds is 2. The van der Waals surface area contributed by atoms with Gasteiger partial charge in [-0.25, -0.2) is 0 Å². The molecule has 0 aliphatic carbocycles. The second kappa shape index (κ2) is 3.41. The molecule has 0 aromatic heterocycles. The molecule has 1 aliphatic rings. The SMILES string of the molecule is C=CC1=C(C=C)N(C(C)(C)C)CC1. The van der Waals surface area contributed by atoms with E-state index in [1.54, 1.807) is 0 Å². The highest BCUT2D eigenvalue weighted by Gasteiger charge is 2.27. The van der Waals surface area contributed by atoms with E-state index in [0.717, 1.165) is 13.0 Å². The van der Waals surface area contributed by atoms with Crippen LogP contribution in [0, 0.1) is 0 Å². The van der Waals surface area contributed by atoms with Gasteiger partial charge in [-0.1, -0.05) is 19.2 Å². The van der Waals surface area contributed by atoms with Gasteiger partial charge in [-0.05, 0) is 38.8 Å². The summed E-state index contributed by atoms with van der Waals surface area (Å²) < 4.78 is 0. The van der Waals surface area contributed by atoms with Gasteiger partial charge < -0.3 is 4.90 Å². The van der Waals surface area contributed by atoms with E-state index < -0.39 is 0 Å². The van der Waals surface area contributed by atoms with Gasteiger partial charge in [-0.3, -0.25) is 0 Å². The summed E-state index contributed by atoms with van der Waals surface area (Å²) in [5.74, 6) is 0. The molecule has 1 aliphatic heterocycles. The van der Waals surface area contributed by atoms with Crippen LogP contribution in [0.1, 0.15) is 27.2 Å². The van der Waals surface area contributed by atoms with Gasteiger partial charge in [-0.15, -0.1) is 0 Å². The van der Waals surface area contributed by atoms with Gasteiger partial charge in [0, 0.05) is 17.8 Å². The van der Waals surface area contributed by atoms with Crippen molar-refractivity contribution in [3.05, 3.63) is 36.6 Å². The molecule has 0 spiro atoms. The molecular weight excluding hydrogens is 158 g/mol. The molecule has 0 aromatic rings. The highest BCUT2D eigenvalue weighted by molar-refractivity contribution is 5.35. The zero-order valence-electron chi connectivity index (χ0n) is 8.93. The van der Waals surface area contributed by atoms with Crippen LogP contribution in [0.4, 0.5) is 0 Å². The second-order valence-electron chi connectivity index (χ2n) is 4.39. The van der Waals surface area contributed by atoms with Crippen molar-refractivity contribution in [3.63, 3.8) is 0 Å². The Balaban J connectivity index is 3.00. The average molecular weight is 177 g/mol. The third-order valence-corrected chi connectivity index (χ3v) is 2.47. The van der Waals surface area contributed by atoms with Crippen molar-refractivity contribution in [2.45, 2.75) is 32.7 Å². The quantitative estimate of drug-likeness (QED) is 0.626. The highest BCUT2D eigenvalue weighted by Crippen LogP contribution is 2.30. The summed E-state index contributed by atoms with van der Waals surface area (Å²) in [6.45, 7) is 15.4. The number of hydrogen-bond donors (Lipinski definition) is 0. The van der Waals surface area contributed by atoms with Crippen LogP contribution in [-0.2, 0) is 0 Å². The standard InChI is InChI=1S/C12H19N/c1-6-10-8-9-13(11(10)7-2)12(3,4)5/h6-7H,1-2,8-9H2,3-5H3. The van der Waals surface area contributed by atoms with Crippen LogP contribution in [0.3, 0.4) is 0 Å². The Kier molecular flexibility index (Phi) is 2.65. The molecule has 0 amide bonds. The molecule has 1 rings (SSSR count). The number of nitrogens with zero attached hydrogens (tertiary/aromatic N) is 1. The molecule has 0 aromatic carbocycles. The van der Waals surface area contributed by atoms with E-state index in [-0.39, 0.29) is 5.54 Å². The first-order valence-corrected chi connectivity index (χ1v) is 4.76. The minimum Gasteiger partial charge on any atom is -0.366 e. The highest BCUT2D eigenvalue weighted by atomic mass is 15.2. The fourth-order valence-electron chi connectivity index (χ4n) is 1.80. The Bertz CT molecular complexity index is 253. The van der Waals surface area contributed by atoms with Crippen molar-refractivity contribution in [2.75, 3.05) is 6.54 Å². The molecule has 0 saturated heterocycles. The lowest BCUT2D eigenvalue weighted by Crippen LogP contribution is -2.38. The van der Waals surface area contributed by atoms with Crippen molar-refractivity contribution >= 4 is 0 Å². The molecular formula is C12H19N. The predicted octanol–water partition coefficient (Wildman–Crippen LogP) is 3.12. The fourth-order valence-corrected chi connectivity index (χ4v) is 1.80. The lowest BCUT2D eigenvalue weighted by Gasteiger charge is -2.35. The van der Waals surface area contributed by atoms with Gasteiger partial charge in [0.25, 0.3) is 0 Å². The summed E-state index contributed by atoms with van der Waals surface area (Å²) in [7, 11) is 0. The summed E-state index contributed by atoms with van der Waals surface area (Å²) in [4.78, 5) is 2.39. The lowest BCUT2D eigenvalue weighted by molar-refractivity contribution is 0.209. The maximum atomic E-state index is 3.86. The molecule has 1 nitrogen and oxygen atoms in total. The van der Waals surface area contributed by atoms with Crippen molar-refractivity contribution in [1.82, 2.24) is 4.90 Å².